The Morgan fingerprint density at radius 2 is 0.882 bits per heavy atom. The molecule has 0 fully saturated rings. The van der Waals surface area contributed by atoms with Gasteiger partial charge < -0.3 is 13.7 Å². The van der Waals surface area contributed by atoms with E-state index in [0.717, 1.165) is 72.1 Å². The lowest BCUT2D eigenvalue weighted by Crippen LogP contribution is -2.10. The van der Waals surface area contributed by atoms with Crippen LogP contribution in [-0.4, -0.2) is 0 Å². The third kappa shape index (κ3) is 4.98. The van der Waals surface area contributed by atoms with Crippen molar-refractivity contribution >= 4 is 60.9 Å². The zero-order chi connectivity index (χ0) is 33.7. The molecule has 0 atom stereocenters. The summed E-state index contributed by atoms with van der Waals surface area (Å²) in [6.07, 6.45) is 0. The summed E-state index contributed by atoms with van der Waals surface area (Å²) >= 11 is 0. The van der Waals surface area contributed by atoms with E-state index < -0.39 is 0 Å². The van der Waals surface area contributed by atoms with Gasteiger partial charge in [-0.05, 0) is 94.0 Å². The fourth-order valence-corrected chi connectivity index (χ4v) is 7.48. The number of rotatable bonds is 6. The van der Waals surface area contributed by atoms with E-state index in [1.807, 2.05) is 24.3 Å². The van der Waals surface area contributed by atoms with Gasteiger partial charge in [-0.15, -0.1) is 0 Å². The first-order valence-electron chi connectivity index (χ1n) is 17.3. The molecule has 0 bridgehead atoms. The smallest absolute Gasteiger partial charge is 0.137 e. The summed E-state index contributed by atoms with van der Waals surface area (Å²) in [4.78, 5) is 2.36. The summed E-state index contributed by atoms with van der Waals surface area (Å²) in [5.41, 5.74) is 13.7. The van der Waals surface area contributed by atoms with Gasteiger partial charge in [0.2, 0.25) is 0 Å². The van der Waals surface area contributed by atoms with E-state index in [9.17, 15) is 0 Å². The average Bonchev–Trinajstić information content (AvgIpc) is 3.77. The quantitative estimate of drug-likeness (QED) is 0.179. The van der Waals surface area contributed by atoms with Crippen molar-refractivity contribution in [3.8, 4) is 33.4 Å². The van der Waals surface area contributed by atoms with Crippen molar-refractivity contribution in [3.05, 3.63) is 188 Å². The van der Waals surface area contributed by atoms with Crippen LogP contribution in [0, 0.1) is 0 Å². The van der Waals surface area contributed by atoms with Crippen LogP contribution in [0.25, 0.3) is 77.3 Å². The topological polar surface area (TPSA) is 29.5 Å². The molecule has 0 aliphatic carbocycles. The normalized spacial score (nSPS) is 11.5. The van der Waals surface area contributed by atoms with Crippen LogP contribution in [0.1, 0.15) is 0 Å². The van der Waals surface area contributed by atoms with E-state index in [2.05, 4.69) is 169 Å². The molecule has 0 N–H and O–H groups in total. The molecule has 0 saturated carbocycles. The van der Waals surface area contributed by atoms with Crippen molar-refractivity contribution in [1.29, 1.82) is 0 Å². The summed E-state index contributed by atoms with van der Waals surface area (Å²) in [5, 5.41) is 4.43. The second kappa shape index (κ2) is 11.9. The average molecular weight is 654 g/mol. The Bertz CT molecular complexity index is 2850. The summed E-state index contributed by atoms with van der Waals surface area (Å²) < 4.78 is 12.5. The Hall–Kier alpha value is -6.84. The van der Waals surface area contributed by atoms with E-state index in [0.29, 0.717) is 0 Å². The zero-order valence-electron chi connectivity index (χ0n) is 27.7. The highest BCUT2D eigenvalue weighted by Gasteiger charge is 2.21. The molecule has 0 unspecified atom stereocenters. The van der Waals surface area contributed by atoms with E-state index in [1.54, 1.807) is 0 Å². The SMILES string of the molecule is c1ccc(-c2ccc(N(c3ccc(-c4ccc5oc6ccccc6c5c4)cc3)c3cccc4oc5ccccc5c34)cc2-c2ccccc2)cc1. The lowest BCUT2D eigenvalue weighted by Gasteiger charge is -2.27. The minimum absolute atomic E-state index is 0.861. The standard InChI is InChI=1S/C48H31NO2/c1-3-12-33(13-4-1)38-28-27-37(31-41(38)34-14-5-2-6-15-34)49(43-18-11-21-47-48(43)40-17-8-10-20-45(40)51-47)36-25-22-32(23-26-36)35-24-29-46-42(30-35)39-16-7-9-19-44(39)50-46/h1-31H. The van der Waals surface area contributed by atoms with Crippen LogP contribution in [0.4, 0.5) is 17.1 Å². The van der Waals surface area contributed by atoms with Gasteiger partial charge in [-0.25, -0.2) is 0 Å². The Balaban J connectivity index is 1.17. The first kappa shape index (κ1) is 29.1. The maximum Gasteiger partial charge on any atom is 0.137 e. The molecule has 0 radical (unpaired) electrons. The molecular formula is C48H31NO2. The molecule has 0 aliphatic heterocycles. The van der Waals surface area contributed by atoms with E-state index in [1.165, 1.54) is 22.3 Å². The van der Waals surface area contributed by atoms with Crippen LogP contribution >= 0.6 is 0 Å². The molecule has 240 valence electrons. The third-order valence-corrected chi connectivity index (χ3v) is 9.89. The minimum atomic E-state index is 0.861. The Labute approximate surface area is 295 Å². The van der Waals surface area contributed by atoms with Crippen molar-refractivity contribution in [3.63, 3.8) is 0 Å². The fraction of sp³-hybridized carbons (Fsp3) is 0. The zero-order valence-corrected chi connectivity index (χ0v) is 27.7. The summed E-state index contributed by atoms with van der Waals surface area (Å²) in [7, 11) is 0. The highest BCUT2D eigenvalue weighted by atomic mass is 16.3. The molecular weight excluding hydrogens is 623 g/mol. The first-order chi connectivity index (χ1) is 25.3. The van der Waals surface area contributed by atoms with Crippen LogP contribution in [0.15, 0.2) is 197 Å². The van der Waals surface area contributed by atoms with Crippen LogP contribution < -0.4 is 4.90 Å². The summed E-state index contributed by atoms with van der Waals surface area (Å²) in [5.74, 6) is 0. The molecule has 0 saturated heterocycles. The van der Waals surface area contributed by atoms with Crippen LogP contribution in [0.2, 0.25) is 0 Å². The van der Waals surface area contributed by atoms with Crippen LogP contribution in [0.3, 0.4) is 0 Å². The van der Waals surface area contributed by atoms with Gasteiger partial charge in [0.15, 0.2) is 0 Å². The molecule has 0 amide bonds. The van der Waals surface area contributed by atoms with E-state index >= 15 is 0 Å². The summed E-state index contributed by atoms with van der Waals surface area (Å²) in [6, 6.07) is 66.3. The highest BCUT2D eigenvalue weighted by molar-refractivity contribution is 6.13. The molecule has 0 spiro atoms. The first-order valence-corrected chi connectivity index (χ1v) is 17.3. The van der Waals surface area contributed by atoms with E-state index in [4.69, 9.17) is 8.83 Å². The van der Waals surface area contributed by atoms with Gasteiger partial charge in [0.1, 0.15) is 22.3 Å². The highest BCUT2D eigenvalue weighted by Crippen LogP contribution is 2.45. The predicted octanol–water partition coefficient (Wildman–Crippen LogP) is 14.0. The second-order valence-electron chi connectivity index (χ2n) is 12.9. The molecule has 3 nitrogen and oxygen atoms in total. The van der Waals surface area contributed by atoms with Crippen molar-refractivity contribution < 1.29 is 8.83 Å². The Kier molecular flexibility index (Phi) is 6.81. The Morgan fingerprint density at radius 1 is 0.314 bits per heavy atom. The molecule has 2 aromatic heterocycles. The van der Waals surface area contributed by atoms with Crippen molar-refractivity contribution in [2.45, 2.75) is 0 Å². The number of benzene rings is 8. The van der Waals surface area contributed by atoms with Gasteiger partial charge in [0.05, 0.1) is 11.1 Å². The minimum Gasteiger partial charge on any atom is -0.456 e. The number of hydrogen-bond donors (Lipinski definition) is 0. The van der Waals surface area contributed by atoms with Gasteiger partial charge >= 0.3 is 0 Å². The number of furan rings is 2. The molecule has 10 rings (SSSR count). The van der Waals surface area contributed by atoms with Crippen molar-refractivity contribution in [1.82, 2.24) is 0 Å². The largest absolute Gasteiger partial charge is 0.456 e. The third-order valence-electron chi connectivity index (χ3n) is 9.89. The number of anilines is 3. The number of nitrogens with zero attached hydrogens (tertiary/aromatic N) is 1. The molecule has 51 heavy (non-hydrogen) atoms. The molecule has 8 aromatic carbocycles. The van der Waals surface area contributed by atoms with Gasteiger partial charge in [0.25, 0.3) is 0 Å². The molecule has 0 aliphatic rings. The van der Waals surface area contributed by atoms with Gasteiger partial charge in [-0.1, -0.05) is 127 Å². The molecule has 3 heteroatoms. The van der Waals surface area contributed by atoms with Gasteiger partial charge in [-0.2, -0.15) is 0 Å². The molecule has 2 heterocycles. The monoisotopic (exact) mass is 653 g/mol. The second-order valence-corrected chi connectivity index (χ2v) is 12.9. The van der Waals surface area contributed by atoms with Crippen molar-refractivity contribution in [2.75, 3.05) is 4.90 Å². The summed E-state index contributed by atoms with van der Waals surface area (Å²) in [6.45, 7) is 0. The molecule has 10 aromatic rings. The van der Waals surface area contributed by atoms with Gasteiger partial charge in [0, 0.05) is 27.5 Å². The lowest BCUT2D eigenvalue weighted by molar-refractivity contribution is 0.668. The fourth-order valence-electron chi connectivity index (χ4n) is 7.48. The van der Waals surface area contributed by atoms with Crippen LogP contribution in [-0.2, 0) is 0 Å². The Morgan fingerprint density at radius 3 is 1.65 bits per heavy atom. The van der Waals surface area contributed by atoms with Crippen LogP contribution in [0.5, 0.6) is 0 Å². The number of hydrogen-bond acceptors (Lipinski definition) is 3. The number of para-hydroxylation sites is 2. The maximum absolute atomic E-state index is 6.39. The van der Waals surface area contributed by atoms with Gasteiger partial charge in [-0.3, -0.25) is 0 Å². The van der Waals surface area contributed by atoms with E-state index in [-0.39, 0.29) is 0 Å². The lowest BCUT2D eigenvalue weighted by atomic mass is 9.93. The maximum atomic E-state index is 6.39. The predicted molar refractivity (Wildman–Crippen MR) is 212 cm³/mol. The number of fused-ring (bicyclic) bond motifs is 6. The van der Waals surface area contributed by atoms with Crippen molar-refractivity contribution in [2.24, 2.45) is 0 Å².